The van der Waals surface area contributed by atoms with E-state index in [1.807, 2.05) is 0 Å². The fourth-order valence-electron chi connectivity index (χ4n) is 2.38. The first kappa shape index (κ1) is 13.2. The molecule has 0 saturated heterocycles. The maximum atomic E-state index is 10.5. The number of carbonyl (C=O) groups is 1. The van der Waals surface area contributed by atoms with E-state index in [2.05, 4.69) is 33.0 Å². The summed E-state index contributed by atoms with van der Waals surface area (Å²) in [5.74, 6) is -0.160. The summed E-state index contributed by atoms with van der Waals surface area (Å²) in [7, 11) is 0. The molecule has 16 heavy (non-hydrogen) atoms. The third-order valence-electron chi connectivity index (χ3n) is 4.56. The van der Waals surface area contributed by atoms with Gasteiger partial charge in [-0.05, 0) is 30.2 Å². The Labute approximate surface area is 97.9 Å². The average molecular weight is 225 g/mol. The minimum Gasteiger partial charge on any atom is -0.478 e. The van der Waals surface area contributed by atoms with Gasteiger partial charge in [0, 0.05) is 12.1 Å². The molecule has 1 aliphatic rings. The van der Waals surface area contributed by atoms with Crippen molar-refractivity contribution >= 4 is 5.97 Å². The summed E-state index contributed by atoms with van der Waals surface area (Å²) < 4.78 is 0. The van der Waals surface area contributed by atoms with Crippen molar-refractivity contribution in [2.24, 2.45) is 16.7 Å². The predicted octanol–water partition coefficient (Wildman–Crippen LogP) is 2.29. The Morgan fingerprint density at radius 2 is 1.81 bits per heavy atom. The molecule has 1 rings (SSSR count). The van der Waals surface area contributed by atoms with E-state index in [4.69, 9.17) is 5.11 Å². The summed E-state index contributed by atoms with van der Waals surface area (Å²) in [6, 6.07) is 0. The van der Waals surface area contributed by atoms with Crippen molar-refractivity contribution in [1.82, 2.24) is 5.32 Å². The maximum absolute atomic E-state index is 10.5. The molecule has 1 saturated carbocycles. The minimum absolute atomic E-state index is 0.394. The van der Waals surface area contributed by atoms with Gasteiger partial charge in [-0.25, -0.2) is 4.79 Å². The van der Waals surface area contributed by atoms with Crippen molar-refractivity contribution in [3.05, 3.63) is 11.6 Å². The summed E-state index contributed by atoms with van der Waals surface area (Å²) in [6.45, 7) is 12.4. The molecule has 0 heterocycles. The van der Waals surface area contributed by atoms with Gasteiger partial charge in [0.2, 0.25) is 0 Å². The topological polar surface area (TPSA) is 49.3 Å². The zero-order chi connectivity index (χ0) is 12.6. The predicted molar refractivity (Wildman–Crippen MR) is 65.3 cm³/mol. The first-order valence-corrected chi connectivity index (χ1v) is 5.82. The van der Waals surface area contributed by atoms with Gasteiger partial charge in [0.1, 0.15) is 0 Å². The van der Waals surface area contributed by atoms with E-state index in [1.54, 1.807) is 13.0 Å². The first-order chi connectivity index (χ1) is 7.21. The minimum atomic E-state index is -0.839. The average Bonchev–Trinajstić information content (AvgIpc) is 2.53. The summed E-state index contributed by atoms with van der Waals surface area (Å²) >= 11 is 0. The summed E-state index contributed by atoms with van der Waals surface area (Å²) in [5, 5.41) is 12.0. The van der Waals surface area contributed by atoms with Crippen LogP contribution in [0.4, 0.5) is 0 Å². The number of hydrogen-bond acceptors (Lipinski definition) is 2. The number of hydrogen-bond donors (Lipinski definition) is 2. The number of carboxylic acids is 1. The van der Waals surface area contributed by atoms with Crippen LogP contribution < -0.4 is 5.32 Å². The van der Waals surface area contributed by atoms with Crippen molar-refractivity contribution in [3.63, 3.8) is 0 Å². The molecule has 3 nitrogen and oxygen atoms in total. The first-order valence-electron chi connectivity index (χ1n) is 5.82. The molecule has 1 fully saturated rings. The van der Waals surface area contributed by atoms with Gasteiger partial charge in [0.05, 0.1) is 0 Å². The zero-order valence-corrected chi connectivity index (χ0v) is 10.9. The number of nitrogens with one attached hydrogen (secondary N) is 1. The maximum Gasteiger partial charge on any atom is 0.330 e. The molecule has 0 bridgehead atoms. The molecule has 2 N–H and O–H groups in total. The van der Waals surface area contributed by atoms with Crippen LogP contribution in [0.15, 0.2) is 11.6 Å². The van der Waals surface area contributed by atoms with Gasteiger partial charge in [0.15, 0.2) is 0 Å². The van der Waals surface area contributed by atoms with Gasteiger partial charge in [-0.2, -0.15) is 0 Å². The van der Waals surface area contributed by atoms with Crippen molar-refractivity contribution < 1.29 is 9.90 Å². The van der Waals surface area contributed by atoms with Crippen LogP contribution in [0.5, 0.6) is 0 Å². The molecule has 3 heteroatoms. The van der Waals surface area contributed by atoms with Gasteiger partial charge in [-0.3, -0.25) is 0 Å². The highest BCUT2D eigenvalue weighted by atomic mass is 16.4. The van der Waals surface area contributed by atoms with E-state index in [0.717, 1.165) is 6.54 Å². The van der Waals surface area contributed by atoms with Crippen molar-refractivity contribution in [2.75, 3.05) is 13.1 Å². The van der Waals surface area contributed by atoms with Crippen LogP contribution >= 0.6 is 0 Å². The van der Waals surface area contributed by atoms with Crippen LogP contribution in [0, 0.1) is 16.7 Å². The lowest BCUT2D eigenvalue weighted by Crippen LogP contribution is -2.20. The van der Waals surface area contributed by atoms with Gasteiger partial charge in [-0.1, -0.05) is 33.8 Å². The molecule has 0 radical (unpaired) electrons. The van der Waals surface area contributed by atoms with Crippen molar-refractivity contribution in [1.29, 1.82) is 0 Å². The SMILES string of the molecule is CC(=CCNCC1C(C)(C)C1(C)C)C(=O)O. The summed E-state index contributed by atoms with van der Waals surface area (Å²) in [5.41, 5.74) is 1.19. The highest BCUT2D eigenvalue weighted by Gasteiger charge is 2.63. The highest BCUT2D eigenvalue weighted by molar-refractivity contribution is 5.85. The fraction of sp³-hybridized carbons (Fsp3) is 0.769. The summed E-state index contributed by atoms with van der Waals surface area (Å²) in [4.78, 5) is 10.5. The highest BCUT2D eigenvalue weighted by Crippen LogP contribution is 2.67. The molecule has 1 aliphatic carbocycles. The number of aliphatic carboxylic acids is 1. The monoisotopic (exact) mass is 225 g/mol. The van der Waals surface area contributed by atoms with Gasteiger partial charge < -0.3 is 10.4 Å². The lowest BCUT2D eigenvalue weighted by Gasteiger charge is -2.04. The van der Waals surface area contributed by atoms with E-state index in [0.29, 0.717) is 28.9 Å². The molecule has 0 aromatic rings. The fourth-order valence-corrected chi connectivity index (χ4v) is 2.38. The normalized spacial score (nSPS) is 23.2. The summed E-state index contributed by atoms with van der Waals surface area (Å²) in [6.07, 6.45) is 1.73. The molecule has 0 aromatic carbocycles. The molecule has 0 unspecified atom stereocenters. The second-order valence-electron chi connectivity index (χ2n) is 5.85. The van der Waals surface area contributed by atoms with E-state index in [9.17, 15) is 4.79 Å². The standard InChI is InChI=1S/C13H23NO2/c1-9(11(15)16)6-7-14-8-10-12(2,3)13(10,4)5/h6,10,14H,7-8H2,1-5H3,(H,15,16). The molecule has 0 spiro atoms. The largest absolute Gasteiger partial charge is 0.478 e. The number of rotatable bonds is 5. The van der Waals surface area contributed by atoms with Crippen LogP contribution in [0.25, 0.3) is 0 Å². The van der Waals surface area contributed by atoms with Gasteiger partial charge >= 0.3 is 5.97 Å². The van der Waals surface area contributed by atoms with Gasteiger partial charge in [-0.15, -0.1) is 0 Å². The Morgan fingerprint density at radius 1 is 1.31 bits per heavy atom. The Bertz CT molecular complexity index is 302. The van der Waals surface area contributed by atoms with Crippen molar-refractivity contribution in [2.45, 2.75) is 34.6 Å². The second kappa shape index (κ2) is 4.21. The quantitative estimate of drug-likeness (QED) is 0.557. The Morgan fingerprint density at radius 3 is 2.19 bits per heavy atom. The van der Waals surface area contributed by atoms with Gasteiger partial charge in [0.25, 0.3) is 0 Å². The second-order valence-corrected chi connectivity index (χ2v) is 5.85. The molecular formula is C13H23NO2. The van der Waals surface area contributed by atoms with E-state index in [1.165, 1.54) is 0 Å². The lowest BCUT2D eigenvalue weighted by molar-refractivity contribution is -0.132. The van der Waals surface area contributed by atoms with E-state index in [-0.39, 0.29) is 0 Å². The van der Waals surface area contributed by atoms with Crippen LogP contribution in [0.1, 0.15) is 34.6 Å². The van der Waals surface area contributed by atoms with Crippen LogP contribution in [0.3, 0.4) is 0 Å². The lowest BCUT2D eigenvalue weighted by atomic mass is 10.0. The third-order valence-corrected chi connectivity index (χ3v) is 4.56. The molecular weight excluding hydrogens is 202 g/mol. The molecule has 0 amide bonds. The van der Waals surface area contributed by atoms with Crippen molar-refractivity contribution in [3.8, 4) is 0 Å². The Balaban J connectivity index is 2.29. The third kappa shape index (κ3) is 2.29. The Hall–Kier alpha value is -0.830. The van der Waals surface area contributed by atoms with Crippen LogP contribution in [0.2, 0.25) is 0 Å². The van der Waals surface area contributed by atoms with E-state index >= 15 is 0 Å². The van der Waals surface area contributed by atoms with Crippen LogP contribution in [-0.4, -0.2) is 24.2 Å². The molecule has 0 aromatic heterocycles. The Kier molecular flexibility index (Phi) is 3.48. The van der Waals surface area contributed by atoms with E-state index < -0.39 is 5.97 Å². The smallest absolute Gasteiger partial charge is 0.330 e. The number of carboxylic acid groups (broad SMARTS) is 1. The molecule has 0 atom stereocenters. The molecule has 92 valence electrons. The van der Waals surface area contributed by atoms with Crippen LogP contribution in [-0.2, 0) is 4.79 Å². The zero-order valence-electron chi connectivity index (χ0n) is 10.9. The molecule has 0 aliphatic heterocycles.